The van der Waals surface area contributed by atoms with E-state index in [1.165, 1.54) is 11.1 Å². The first-order chi connectivity index (χ1) is 9.13. The molecule has 1 aromatic heterocycles. The molecule has 2 aliphatic heterocycles. The van der Waals surface area contributed by atoms with Crippen molar-refractivity contribution in [2.24, 2.45) is 5.92 Å². The van der Waals surface area contributed by atoms with Crippen molar-refractivity contribution in [2.75, 3.05) is 13.6 Å². The van der Waals surface area contributed by atoms with Crippen molar-refractivity contribution in [1.29, 1.82) is 0 Å². The highest BCUT2D eigenvalue weighted by Crippen LogP contribution is 2.38. The smallest absolute Gasteiger partial charge is 0.124 e. The maximum atomic E-state index is 13.8. The van der Waals surface area contributed by atoms with Gasteiger partial charge in [0.2, 0.25) is 0 Å². The van der Waals surface area contributed by atoms with Gasteiger partial charge in [-0.05, 0) is 36.7 Å². The minimum absolute atomic E-state index is 0.136. The van der Waals surface area contributed by atoms with Crippen LogP contribution in [-0.4, -0.2) is 29.1 Å². The van der Waals surface area contributed by atoms with Crippen LogP contribution < -0.4 is 0 Å². The molecule has 0 bridgehead atoms. The van der Waals surface area contributed by atoms with Gasteiger partial charge in [-0.1, -0.05) is 13.0 Å². The third-order valence-electron chi connectivity index (χ3n) is 4.44. The number of rotatable bonds is 0. The number of hydrogen-bond acceptors (Lipinski definition) is 1. The number of halogens is 1. The Bertz CT molecular complexity index is 698. The Morgan fingerprint density at radius 1 is 1.26 bits per heavy atom. The van der Waals surface area contributed by atoms with E-state index in [4.69, 9.17) is 0 Å². The molecule has 2 atom stereocenters. The Balaban J connectivity index is 2.04. The Morgan fingerprint density at radius 2 is 2.11 bits per heavy atom. The standard InChI is InChI=1S/C16H17FN2/c1-10-5-13-14-7-12(17)6-11-3-4-19(16(11)14)9-15(13)18(2)8-10/h3-7,10,15H,8-9H2,1-2H3/t10-,15-/m1/s1. The highest BCUT2D eigenvalue weighted by molar-refractivity contribution is 5.94. The quantitative estimate of drug-likeness (QED) is 0.703. The van der Waals surface area contributed by atoms with Gasteiger partial charge in [0, 0.05) is 30.2 Å². The van der Waals surface area contributed by atoms with Crippen molar-refractivity contribution >= 4 is 16.5 Å². The van der Waals surface area contributed by atoms with Crippen LogP contribution in [0.5, 0.6) is 0 Å². The lowest BCUT2D eigenvalue weighted by Gasteiger charge is -2.39. The molecule has 0 saturated carbocycles. The highest BCUT2D eigenvalue weighted by Gasteiger charge is 2.32. The van der Waals surface area contributed by atoms with E-state index in [2.05, 4.69) is 35.7 Å². The summed E-state index contributed by atoms with van der Waals surface area (Å²) < 4.78 is 16.1. The predicted octanol–water partition coefficient (Wildman–Crippen LogP) is 3.13. The summed E-state index contributed by atoms with van der Waals surface area (Å²) in [6.07, 6.45) is 4.41. The Labute approximate surface area is 112 Å². The van der Waals surface area contributed by atoms with E-state index in [1.807, 2.05) is 6.07 Å². The fraction of sp³-hybridized carbons (Fsp3) is 0.375. The molecule has 4 rings (SSSR count). The summed E-state index contributed by atoms with van der Waals surface area (Å²) in [6, 6.07) is 5.72. The third kappa shape index (κ3) is 1.51. The first-order valence-corrected chi connectivity index (χ1v) is 6.84. The second-order valence-corrected chi connectivity index (χ2v) is 5.91. The van der Waals surface area contributed by atoms with Crippen molar-refractivity contribution in [2.45, 2.75) is 19.5 Å². The number of aromatic nitrogens is 1. The van der Waals surface area contributed by atoms with Gasteiger partial charge in [-0.25, -0.2) is 4.39 Å². The molecule has 1 aromatic carbocycles. The topological polar surface area (TPSA) is 8.17 Å². The summed E-state index contributed by atoms with van der Waals surface area (Å²) in [6.45, 7) is 4.27. The largest absolute Gasteiger partial charge is 0.345 e. The van der Waals surface area contributed by atoms with E-state index >= 15 is 0 Å². The van der Waals surface area contributed by atoms with Crippen LogP contribution in [0, 0.1) is 11.7 Å². The molecule has 0 radical (unpaired) electrons. The molecule has 0 unspecified atom stereocenters. The van der Waals surface area contributed by atoms with Crippen LogP contribution in [0.2, 0.25) is 0 Å². The van der Waals surface area contributed by atoms with E-state index < -0.39 is 0 Å². The van der Waals surface area contributed by atoms with E-state index in [-0.39, 0.29) is 5.82 Å². The lowest BCUT2D eigenvalue weighted by Crippen LogP contribution is -2.43. The van der Waals surface area contributed by atoms with Crippen LogP contribution in [0.4, 0.5) is 4.39 Å². The molecular weight excluding hydrogens is 239 g/mol. The van der Waals surface area contributed by atoms with E-state index in [0.717, 1.165) is 24.0 Å². The molecule has 98 valence electrons. The van der Waals surface area contributed by atoms with Gasteiger partial charge in [0.05, 0.1) is 11.6 Å². The Morgan fingerprint density at radius 3 is 2.95 bits per heavy atom. The maximum absolute atomic E-state index is 13.8. The van der Waals surface area contributed by atoms with Crippen LogP contribution in [-0.2, 0) is 6.54 Å². The highest BCUT2D eigenvalue weighted by atomic mass is 19.1. The lowest BCUT2D eigenvalue weighted by molar-refractivity contribution is 0.234. The van der Waals surface area contributed by atoms with Gasteiger partial charge in [-0.2, -0.15) is 0 Å². The van der Waals surface area contributed by atoms with Gasteiger partial charge in [0.15, 0.2) is 0 Å². The van der Waals surface area contributed by atoms with E-state index in [1.54, 1.807) is 12.1 Å². The van der Waals surface area contributed by atoms with E-state index in [0.29, 0.717) is 12.0 Å². The van der Waals surface area contributed by atoms with Gasteiger partial charge in [0.25, 0.3) is 0 Å². The average Bonchev–Trinajstić information content (AvgIpc) is 2.74. The Hall–Kier alpha value is -1.61. The zero-order valence-corrected chi connectivity index (χ0v) is 11.2. The fourth-order valence-electron chi connectivity index (χ4n) is 3.67. The van der Waals surface area contributed by atoms with Gasteiger partial charge < -0.3 is 4.57 Å². The molecule has 0 spiro atoms. The van der Waals surface area contributed by atoms with E-state index in [9.17, 15) is 4.39 Å². The Kier molecular flexibility index (Phi) is 2.19. The van der Waals surface area contributed by atoms with Crippen molar-refractivity contribution in [3.05, 3.63) is 41.9 Å². The molecule has 2 nitrogen and oxygen atoms in total. The molecule has 0 fully saturated rings. The third-order valence-corrected chi connectivity index (χ3v) is 4.44. The van der Waals surface area contributed by atoms with Crippen LogP contribution in [0.25, 0.3) is 16.5 Å². The first-order valence-electron chi connectivity index (χ1n) is 6.84. The average molecular weight is 256 g/mol. The minimum atomic E-state index is -0.136. The first kappa shape index (κ1) is 11.2. The zero-order chi connectivity index (χ0) is 13.1. The van der Waals surface area contributed by atoms with Crippen LogP contribution >= 0.6 is 0 Å². The summed E-state index contributed by atoms with van der Waals surface area (Å²) in [7, 11) is 2.17. The second kappa shape index (κ2) is 3.70. The van der Waals surface area contributed by atoms with Crippen LogP contribution in [0.1, 0.15) is 12.5 Å². The molecule has 19 heavy (non-hydrogen) atoms. The van der Waals surface area contributed by atoms with Gasteiger partial charge >= 0.3 is 0 Å². The number of benzene rings is 1. The van der Waals surface area contributed by atoms with Gasteiger partial charge in [-0.15, -0.1) is 0 Å². The van der Waals surface area contributed by atoms with Gasteiger partial charge in [-0.3, -0.25) is 4.90 Å². The molecule has 0 N–H and O–H groups in total. The molecule has 2 aromatic rings. The monoisotopic (exact) mass is 256 g/mol. The molecule has 0 amide bonds. The second-order valence-electron chi connectivity index (χ2n) is 5.91. The van der Waals surface area contributed by atoms with Crippen molar-refractivity contribution in [3.63, 3.8) is 0 Å². The summed E-state index contributed by atoms with van der Waals surface area (Å²) in [4.78, 5) is 2.39. The van der Waals surface area contributed by atoms with Crippen molar-refractivity contribution in [3.8, 4) is 0 Å². The number of likely N-dealkylation sites (N-methyl/N-ethyl adjacent to an activating group) is 1. The predicted molar refractivity (Wildman–Crippen MR) is 75.5 cm³/mol. The molecule has 0 aliphatic carbocycles. The molecule has 3 heteroatoms. The summed E-state index contributed by atoms with van der Waals surface area (Å²) in [5.74, 6) is 0.388. The van der Waals surface area contributed by atoms with Crippen molar-refractivity contribution in [1.82, 2.24) is 9.47 Å². The normalized spacial score (nSPS) is 26.4. The van der Waals surface area contributed by atoms with Crippen molar-refractivity contribution < 1.29 is 4.39 Å². The van der Waals surface area contributed by atoms with Crippen LogP contribution in [0.3, 0.4) is 0 Å². The lowest BCUT2D eigenvalue weighted by atomic mass is 9.86. The van der Waals surface area contributed by atoms with Crippen LogP contribution in [0.15, 0.2) is 30.5 Å². The number of hydrogen-bond donors (Lipinski definition) is 0. The number of fused-ring (bicyclic) bond motifs is 2. The molecule has 3 heterocycles. The number of nitrogens with zero attached hydrogens (tertiary/aromatic N) is 2. The van der Waals surface area contributed by atoms with Gasteiger partial charge in [0.1, 0.15) is 5.82 Å². The SMILES string of the molecule is C[C@@H]1C=C2c3cc(F)cc4ccn(c34)C[C@H]2N(C)C1. The summed E-state index contributed by atoms with van der Waals surface area (Å²) >= 11 is 0. The molecular formula is C16H17FN2. The zero-order valence-electron chi connectivity index (χ0n) is 11.2. The minimum Gasteiger partial charge on any atom is -0.345 e. The fourth-order valence-corrected chi connectivity index (χ4v) is 3.67. The summed E-state index contributed by atoms with van der Waals surface area (Å²) in [5.41, 5.74) is 3.57. The summed E-state index contributed by atoms with van der Waals surface area (Å²) in [5, 5.41) is 1.01. The maximum Gasteiger partial charge on any atom is 0.124 e. The molecule has 2 aliphatic rings. The molecule has 0 saturated heterocycles.